The number of carbonyl (C=O) groups is 3. The number of anilines is 3. The van der Waals surface area contributed by atoms with Crippen LogP contribution in [0.15, 0.2) is 79.5 Å². The second-order valence-electron chi connectivity index (χ2n) is 12.3. The number of carbonyl (C=O) groups excluding carboxylic acids is 3. The van der Waals surface area contributed by atoms with Gasteiger partial charge < -0.3 is 39.9 Å². The number of methoxy groups -OCH3 is 2. The maximum atomic E-state index is 13.7. The highest BCUT2D eigenvalue weighted by Gasteiger charge is 2.50. The molecule has 2 heterocycles. The number of nitrogens with zero attached hydrogens (tertiary/aromatic N) is 2. The zero-order valence-corrected chi connectivity index (χ0v) is 30.5. The molecule has 15 heteroatoms. The molecule has 1 saturated heterocycles. The molecule has 2 amide bonds. The number of rotatable bonds is 11. The average Bonchev–Trinajstić information content (AvgIpc) is 3.97. The lowest BCUT2D eigenvalue weighted by Crippen LogP contribution is -2.44. The maximum Gasteiger partial charge on any atom is 0.418 e. The molecule has 1 aliphatic heterocycles. The summed E-state index contributed by atoms with van der Waals surface area (Å²) in [4.78, 5) is 40.6. The molecular weight excluding hydrogens is 712 g/mol. The van der Waals surface area contributed by atoms with Gasteiger partial charge in [0.15, 0.2) is 11.5 Å². The Hall–Kier alpha value is -5.44. The fraction of sp³-hybridized carbons (Fsp3) is 0.316. The molecule has 2 fully saturated rings. The van der Waals surface area contributed by atoms with Crippen LogP contribution in [0, 0.1) is 5.41 Å². The van der Waals surface area contributed by atoms with Crippen molar-refractivity contribution in [3.8, 4) is 23.0 Å². The lowest BCUT2D eigenvalue weighted by atomic mass is 10.0. The van der Waals surface area contributed by atoms with Crippen LogP contribution < -0.4 is 35.1 Å². The molecule has 0 atom stereocenters. The van der Waals surface area contributed by atoms with Crippen LogP contribution in [0.25, 0.3) is 10.9 Å². The van der Waals surface area contributed by atoms with Gasteiger partial charge in [0.05, 0.1) is 25.3 Å². The molecule has 0 bridgehead atoms. The van der Waals surface area contributed by atoms with Gasteiger partial charge in [0.25, 0.3) is 0 Å². The molecule has 4 aromatic rings. The van der Waals surface area contributed by atoms with E-state index in [4.69, 9.17) is 14.2 Å². The predicted molar refractivity (Wildman–Crippen MR) is 203 cm³/mol. The summed E-state index contributed by atoms with van der Waals surface area (Å²) in [5.41, 5.74) is -0.0996. The van der Waals surface area contributed by atoms with E-state index in [2.05, 4.69) is 27.5 Å². The molecule has 3 N–H and O–H groups in total. The van der Waals surface area contributed by atoms with Crippen LogP contribution in [-0.2, 0) is 20.6 Å². The number of alkyl halides is 3. The first kappa shape index (κ1) is 40.3. The number of hydrogen-bond donors (Lipinski definition) is 3. The Morgan fingerprint density at radius 1 is 0.943 bits per heavy atom. The normalized spacial score (nSPS) is 14.7. The van der Waals surface area contributed by atoms with Crippen molar-refractivity contribution in [2.24, 2.45) is 5.41 Å². The second kappa shape index (κ2) is 17.4. The highest BCUT2D eigenvalue weighted by atomic mass is 32.1. The first-order valence-corrected chi connectivity index (χ1v) is 16.6. The van der Waals surface area contributed by atoms with Crippen molar-refractivity contribution < 1.29 is 41.8 Å². The van der Waals surface area contributed by atoms with E-state index in [1.807, 2.05) is 49.5 Å². The quantitative estimate of drug-likeness (QED) is 0.0835. The number of benzene rings is 3. The summed E-state index contributed by atoms with van der Waals surface area (Å²) in [5.74, 6) is 1.88. The maximum absolute atomic E-state index is 13.7. The number of hydrogen-bond acceptors (Lipinski definition) is 9. The summed E-state index contributed by atoms with van der Waals surface area (Å²) < 4.78 is 57.7. The molecule has 282 valence electrons. The smallest absolute Gasteiger partial charge is 0.418 e. The van der Waals surface area contributed by atoms with Crippen molar-refractivity contribution in [2.45, 2.75) is 37.9 Å². The standard InChI is InChI=1S/C20H22F3N3O3.C18H18N2O3.H2S/c1-2-17(28)24-13-5-9-26(10-6-13)16-4-3-14(11-15(16)20(21,22)23)25-18(29)19(12-27)7-8-19;1-19-12-4-6-13(7-5-12)23-16-8-9-20-15-11-18(22-3)17(21-2)10-14(15)16;/h2-4,11-13H,1,5-10H2,(H,24,28)(H,25,29);4-11,19H,1-3H3;1H2. The number of aldehydes is 1. The molecule has 1 aromatic heterocycles. The lowest BCUT2D eigenvalue weighted by Gasteiger charge is -2.35. The van der Waals surface area contributed by atoms with Gasteiger partial charge in [-0.25, -0.2) is 0 Å². The van der Waals surface area contributed by atoms with Gasteiger partial charge in [-0.1, -0.05) is 6.58 Å². The van der Waals surface area contributed by atoms with Gasteiger partial charge in [-0.3, -0.25) is 14.6 Å². The van der Waals surface area contributed by atoms with Crippen LogP contribution in [0.4, 0.5) is 30.2 Å². The number of pyridine rings is 1. The minimum atomic E-state index is -4.61. The Balaban J connectivity index is 0.000000238. The van der Waals surface area contributed by atoms with E-state index in [9.17, 15) is 27.6 Å². The number of halogens is 3. The van der Waals surface area contributed by atoms with Gasteiger partial charge in [0.1, 0.15) is 23.2 Å². The van der Waals surface area contributed by atoms with Crippen LogP contribution in [0.5, 0.6) is 23.0 Å². The molecule has 6 rings (SSSR count). The van der Waals surface area contributed by atoms with E-state index < -0.39 is 23.1 Å². The molecule has 1 saturated carbocycles. The minimum absolute atomic E-state index is 0. The Morgan fingerprint density at radius 3 is 2.15 bits per heavy atom. The minimum Gasteiger partial charge on any atom is -0.493 e. The first-order chi connectivity index (χ1) is 24.9. The fourth-order valence-electron chi connectivity index (χ4n) is 5.78. The largest absolute Gasteiger partial charge is 0.493 e. The van der Waals surface area contributed by atoms with Gasteiger partial charge in [0.2, 0.25) is 11.8 Å². The monoisotopic (exact) mass is 753 g/mol. The molecule has 0 radical (unpaired) electrons. The van der Waals surface area contributed by atoms with Crippen molar-refractivity contribution in [3.05, 3.63) is 85.1 Å². The topological polar surface area (TPSA) is 131 Å². The average molecular weight is 754 g/mol. The van der Waals surface area contributed by atoms with Crippen LogP contribution in [0.3, 0.4) is 0 Å². The molecule has 1 aliphatic carbocycles. The van der Waals surface area contributed by atoms with Crippen LogP contribution in [-0.4, -0.2) is 63.5 Å². The van der Waals surface area contributed by atoms with Gasteiger partial charge in [0, 0.05) is 60.9 Å². The summed E-state index contributed by atoms with van der Waals surface area (Å²) in [6.07, 6.45) is 0.661. The third-order valence-corrected chi connectivity index (χ3v) is 8.97. The molecule has 0 unspecified atom stereocenters. The van der Waals surface area contributed by atoms with Gasteiger partial charge >= 0.3 is 6.18 Å². The van der Waals surface area contributed by atoms with E-state index in [0.717, 1.165) is 34.5 Å². The van der Waals surface area contributed by atoms with E-state index in [1.165, 1.54) is 12.1 Å². The first-order valence-electron chi connectivity index (χ1n) is 16.6. The number of fused-ring (bicyclic) bond motifs is 1. The summed E-state index contributed by atoms with van der Waals surface area (Å²) >= 11 is 0. The van der Waals surface area contributed by atoms with Crippen molar-refractivity contribution >= 4 is 59.6 Å². The molecule has 53 heavy (non-hydrogen) atoms. The molecule has 2 aliphatic rings. The molecule has 11 nitrogen and oxygen atoms in total. The zero-order chi connectivity index (χ0) is 37.5. The van der Waals surface area contributed by atoms with Crippen LogP contribution in [0.2, 0.25) is 0 Å². The number of amides is 2. The van der Waals surface area contributed by atoms with E-state index in [-0.39, 0.29) is 36.8 Å². The number of nitrogens with one attached hydrogen (secondary N) is 3. The van der Waals surface area contributed by atoms with Crippen molar-refractivity contribution in [2.75, 3.05) is 49.9 Å². The lowest BCUT2D eigenvalue weighted by molar-refractivity contribution is -0.137. The molecule has 3 aromatic carbocycles. The zero-order valence-electron chi connectivity index (χ0n) is 29.5. The fourth-order valence-corrected chi connectivity index (χ4v) is 5.78. The predicted octanol–water partition coefficient (Wildman–Crippen LogP) is 7.09. The van der Waals surface area contributed by atoms with Crippen molar-refractivity contribution in [3.63, 3.8) is 0 Å². The number of aromatic nitrogens is 1. The highest BCUT2D eigenvalue weighted by molar-refractivity contribution is 7.59. The highest BCUT2D eigenvalue weighted by Crippen LogP contribution is 2.45. The molecule has 0 spiro atoms. The SMILES string of the molecule is C=CC(=O)NC1CCN(c2ccc(NC(=O)C3(C=O)CC3)cc2C(F)(F)F)CC1.CNc1ccc(Oc2ccnc3cc(OC)c(OC)cc23)cc1.S. The van der Waals surface area contributed by atoms with E-state index in [0.29, 0.717) is 62.3 Å². The van der Waals surface area contributed by atoms with Gasteiger partial charge in [-0.15, -0.1) is 0 Å². The Morgan fingerprint density at radius 2 is 1.58 bits per heavy atom. The van der Waals surface area contributed by atoms with Crippen molar-refractivity contribution in [1.29, 1.82) is 0 Å². The van der Waals surface area contributed by atoms with E-state index >= 15 is 0 Å². The van der Waals surface area contributed by atoms with E-state index in [1.54, 1.807) is 25.3 Å². The Labute approximate surface area is 312 Å². The van der Waals surface area contributed by atoms with Gasteiger partial charge in [-0.05, 0) is 86.4 Å². The Bertz CT molecular complexity index is 1930. The third-order valence-electron chi connectivity index (χ3n) is 8.97. The molecular formula is C38H42F3N5O6S. The summed E-state index contributed by atoms with van der Waals surface area (Å²) in [7, 11) is 5.09. The van der Waals surface area contributed by atoms with Gasteiger partial charge in [-0.2, -0.15) is 26.7 Å². The summed E-state index contributed by atoms with van der Waals surface area (Å²) in [6.45, 7) is 4.09. The third kappa shape index (κ3) is 9.71. The van der Waals surface area contributed by atoms with Crippen LogP contribution in [0.1, 0.15) is 31.2 Å². The number of ether oxygens (including phenoxy) is 3. The Kier molecular flexibility index (Phi) is 13.2. The number of piperidine rings is 1. The second-order valence-corrected chi connectivity index (χ2v) is 12.3. The summed E-state index contributed by atoms with van der Waals surface area (Å²) in [6, 6.07) is 16.8. The summed E-state index contributed by atoms with van der Waals surface area (Å²) in [5, 5.41) is 9.13. The van der Waals surface area contributed by atoms with Crippen molar-refractivity contribution in [1.82, 2.24) is 10.3 Å². The van der Waals surface area contributed by atoms with Crippen LogP contribution >= 0.6 is 13.5 Å².